The number of carbonyl (C=O) groups excluding carboxylic acids is 1. The average Bonchev–Trinajstić information content (AvgIpc) is 3.08. The predicted octanol–water partition coefficient (Wildman–Crippen LogP) is 3.05. The van der Waals surface area contributed by atoms with Gasteiger partial charge in [-0.25, -0.2) is 9.67 Å². The molecule has 3 aromatic heterocycles. The molecule has 0 aliphatic rings. The van der Waals surface area contributed by atoms with Gasteiger partial charge in [0.1, 0.15) is 0 Å². The van der Waals surface area contributed by atoms with Gasteiger partial charge in [-0.15, -0.1) is 0 Å². The van der Waals surface area contributed by atoms with Crippen molar-refractivity contribution in [3.8, 4) is 5.82 Å². The molecule has 6 nitrogen and oxygen atoms in total. The van der Waals surface area contributed by atoms with Crippen molar-refractivity contribution in [3.05, 3.63) is 83.9 Å². The van der Waals surface area contributed by atoms with Crippen molar-refractivity contribution in [2.75, 3.05) is 0 Å². The third-order valence-corrected chi connectivity index (χ3v) is 4.26. The highest BCUT2D eigenvalue weighted by atomic mass is 16.1. The Morgan fingerprint density at radius 2 is 1.88 bits per heavy atom. The molecule has 0 atom stereocenters. The van der Waals surface area contributed by atoms with Gasteiger partial charge < -0.3 is 5.32 Å². The zero-order chi connectivity index (χ0) is 17.9. The van der Waals surface area contributed by atoms with Crippen LogP contribution in [0, 0.1) is 6.92 Å². The number of amides is 1. The second-order valence-electron chi connectivity index (χ2n) is 5.96. The molecule has 1 amide bonds. The van der Waals surface area contributed by atoms with E-state index in [0.29, 0.717) is 17.9 Å². The molecule has 4 aromatic rings. The smallest absolute Gasteiger partial charge is 0.255 e. The van der Waals surface area contributed by atoms with Gasteiger partial charge in [-0.3, -0.25) is 9.78 Å². The molecule has 0 aliphatic heterocycles. The van der Waals surface area contributed by atoms with Crippen LogP contribution < -0.4 is 5.32 Å². The van der Waals surface area contributed by atoms with Crippen LogP contribution in [-0.2, 0) is 6.54 Å². The third-order valence-electron chi connectivity index (χ3n) is 4.26. The second kappa shape index (κ2) is 6.76. The molecule has 4 rings (SSSR count). The number of hydrogen-bond donors (Lipinski definition) is 1. The summed E-state index contributed by atoms with van der Waals surface area (Å²) in [5, 5.41) is 8.33. The van der Waals surface area contributed by atoms with E-state index in [1.165, 1.54) is 0 Å². The second-order valence-corrected chi connectivity index (χ2v) is 5.96. The van der Waals surface area contributed by atoms with Gasteiger partial charge in [-0.05, 0) is 42.8 Å². The fourth-order valence-corrected chi connectivity index (χ4v) is 2.81. The lowest BCUT2D eigenvalue weighted by Crippen LogP contribution is -2.23. The minimum absolute atomic E-state index is 0.161. The van der Waals surface area contributed by atoms with E-state index in [1.54, 1.807) is 23.3 Å². The first-order valence-electron chi connectivity index (χ1n) is 8.30. The quantitative estimate of drug-likeness (QED) is 0.618. The van der Waals surface area contributed by atoms with E-state index < -0.39 is 0 Å². The molecule has 0 saturated carbocycles. The van der Waals surface area contributed by atoms with E-state index in [-0.39, 0.29) is 5.91 Å². The molecule has 128 valence electrons. The molecule has 0 aliphatic carbocycles. The number of nitrogens with zero attached hydrogens (tertiary/aromatic N) is 4. The Morgan fingerprint density at radius 1 is 1.08 bits per heavy atom. The molecule has 1 N–H and O–H groups in total. The minimum atomic E-state index is -0.161. The van der Waals surface area contributed by atoms with Crippen LogP contribution in [0.3, 0.4) is 0 Å². The lowest BCUT2D eigenvalue weighted by molar-refractivity contribution is 0.0950. The van der Waals surface area contributed by atoms with E-state index in [4.69, 9.17) is 0 Å². The number of benzene rings is 1. The summed E-state index contributed by atoms with van der Waals surface area (Å²) in [6, 6.07) is 15.6. The minimum Gasteiger partial charge on any atom is -0.348 e. The summed E-state index contributed by atoms with van der Waals surface area (Å²) in [5.41, 5.74) is 3.17. The zero-order valence-electron chi connectivity index (χ0n) is 14.3. The summed E-state index contributed by atoms with van der Waals surface area (Å²) in [7, 11) is 0. The molecule has 26 heavy (non-hydrogen) atoms. The topological polar surface area (TPSA) is 72.7 Å². The summed E-state index contributed by atoms with van der Waals surface area (Å²) in [6.45, 7) is 2.31. The standard InChI is InChI=1S/C20H17N5O/c1-14-17(20(26)22-12-15-8-10-21-11-9-15)13-23-25(14)19-7-6-16-4-2-3-5-18(16)24-19/h2-11,13H,12H2,1H3,(H,22,26). The molecule has 6 heteroatoms. The zero-order valence-corrected chi connectivity index (χ0v) is 14.3. The molecule has 0 fully saturated rings. The molecule has 1 aromatic carbocycles. The Kier molecular flexibility index (Phi) is 4.15. The van der Waals surface area contributed by atoms with Gasteiger partial charge in [0, 0.05) is 24.3 Å². The summed E-state index contributed by atoms with van der Waals surface area (Å²) >= 11 is 0. The van der Waals surface area contributed by atoms with E-state index in [2.05, 4.69) is 20.4 Å². The lowest BCUT2D eigenvalue weighted by atomic mass is 10.2. The summed E-state index contributed by atoms with van der Waals surface area (Å²) in [4.78, 5) is 21.1. The largest absolute Gasteiger partial charge is 0.348 e. The Morgan fingerprint density at radius 3 is 2.73 bits per heavy atom. The summed E-state index contributed by atoms with van der Waals surface area (Å²) in [5.74, 6) is 0.528. The molecule has 3 heterocycles. The third kappa shape index (κ3) is 3.04. The molecule has 0 bridgehead atoms. The summed E-state index contributed by atoms with van der Waals surface area (Å²) in [6.07, 6.45) is 4.99. The molecule has 0 radical (unpaired) electrons. The average molecular weight is 343 g/mol. The number of pyridine rings is 2. The van der Waals surface area contributed by atoms with Gasteiger partial charge in [0.15, 0.2) is 5.82 Å². The first-order valence-corrected chi connectivity index (χ1v) is 8.30. The lowest BCUT2D eigenvalue weighted by Gasteiger charge is -2.07. The normalized spacial score (nSPS) is 10.8. The van der Waals surface area contributed by atoms with E-state index in [1.807, 2.05) is 55.5 Å². The van der Waals surface area contributed by atoms with Crippen LogP contribution in [-0.4, -0.2) is 25.7 Å². The first kappa shape index (κ1) is 16.0. The molecule has 0 spiro atoms. The maximum atomic E-state index is 12.5. The number of fused-ring (bicyclic) bond motifs is 1. The van der Waals surface area contributed by atoms with Crippen LogP contribution >= 0.6 is 0 Å². The van der Waals surface area contributed by atoms with Gasteiger partial charge >= 0.3 is 0 Å². The van der Waals surface area contributed by atoms with E-state index in [0.717, 1.165) is 22.2 Å². The van der Waals surface area contributed by atoms with Crippen LogP contribution in [0.4, 0.5) is 0 Å². The van der Waals surface area contributed by atoms with Crippen LogP contribution in [0.15, 0.2) is 67.1 Å². The van der Waals surface area contributed by atoms with Crippen molar-refractivity contribution in [1.29, 1.82) is 0 Å². The van der Waals surface area contributed by atoms with Crippen LogP contribution in [0.25, 0.3) is 16.7 Å². The molecular weight excluding hydrogens is 326 g/mol. The Bertz CT molecular complexity index is 1070. The maximum Gasteiger partial charge on any atom is 0.255 e. The molecule has 0 saturated heterocycles. The van der Waals surface area contributed by atoms with Gasteiger partial charge in [0.25, 0.3) is 5.91 Å². The van der Waals surface area contributed by atoms with Crippen molar-refractivity contribution in [2.24, 2.45) is 0 Å². The van der Waals surface area contributed by atoms with Crippen molar-refractivity contribution < 1.29 is 4.79 Å². The van der Waals surface area contributed by atoms with Gasteiger partial charge in [-0.2, -0.15) is 5.10 Å². The van der Waals surface area contributed by atoms with Gasteiger partial charge in [0.05, 0.1) is 23.0 Å². The van der Waals surface area contributed by atoms with Crippen molar-refractivity contribution in [2.45, 2.75) is 13.5 Å². The van der Waals surface area contributed by atoms with Crippen molar-refractivity contribution in [3.63, 3.8) is 0 Å². The maximum absolute atomic E-state index is 12.5. The highest BCUT2D eigenvalue weighted by Gasteiger charge is 2.15. The van der Waals surface area contributed by atoms with E-state index in [9.17, 15) is 4.79 Å². The number of rotatable bonds is 4. The Hall–Kier alpha value is -3.54. The Labute approximate surface area is 150 Å². The molecule has 0 unspecified atom stereocenters. The van der Waals surface area contributed by atoms with Crippen LogP contribution in [0.5, 0.6) is 0 Å². The number of carbonyl (C=O) groups is 1. The van der Waals surface area contributed by atoms with Crippen molar-refractivity contribution in [1.82, 2.24) is 25.1 Å². The highest BCUT2D eigenvalue weighted by molar-refractivity contribution is 5.95. The van der Waals surface area contributed by atoms with E-state index >= 15 is 0 Å². The number of para-hydroxylation sites is 1. The van der Waals surface area contributed by atoms with Gasteiger partial charge in [-0.1, -0.05) is 18.2 Å². The predicted molar refractivity (Wildman–Crippen MR) is 99.0 cm³/mol. The number of nitrogens with one attached hydrogen (secondary N) is 1. The number of hydrogen-bond acceptors (Lipinski definition) is 4. The van der Waals surface area contributed by atoms with Crippen LogP contribution in [0.2, 0.25) is 0 Å². The fraction of sp³-hybridized carbons (Fsp3) is 0.100. The fourth-order valence-electron chi connectivity index (χ4n) is 2.81. The van der Waals surface area contributed by atoms with Crippen LogP contribution in [0.1, 0.15) is 21.6 Å². The molecular formula is C20H17N5O. The number of aromatic nitrogens is 4. The summed E-state index contributed by atoms with van der Waals surface area (Å²) < 4.78 is 1.69. The monoisotopic (exact) mass is 343 g/mol. The SMILES string of the molecule is Cc1c(C(=O)NCc2ccncc2)cnn1-c1ccc2ccccc2n1. The van der Waals surface area contributed by atoms with Crippen molar-refractivity contribution >= 4 is 16.8 Å². The van der Waals surface area contributed by atoms with Gasteiger partial charge in [0.2, 0.25) is 0 Å². The highest BCUT2D eigenvalue weighted by Crippen LogP contribution is 2.17. The Balaban J connectivity index is 1.58. The first-order chi connectivity index (χ1) is 12.7.